The number of anilines is 1. The van der Waals surface area contributed by atoms with Gasteiger partial charge in [-0.25, -0.2) is 14.8 Å². The number of carbonyl (C=O) groups is 2. The molecular weight excluding hydrogens is 469 g/mol. The minimum Gasteiger partial charge on any atom is -0.444 e. The summed E-state index contributed by atoms with van der Waals surface area (Å²) in [5.74, 6) is -2.59. The molecule has 0 bridgehead atoms. The number of aryl methyl sites for hydroxylation is 1. The van der Waals surface area contributed by atoms with Gasteiger partial charge in [0.05, 0.1) is 28.8 Å². The Balaban J connectivity index is 1.77. The number of carbonyl (C=O) groups excluding carboxylic acids is 2. The van der Waals surface area contributed by atoms with Gasteiger partial charge in [0, 0.05) is 11.9 Å². The molecule has 1 saturated heterocycles. The third kappa shape index (κ3) is 5.56. The standard InChI is InChI=1S/C19H23F3N4O4S2/c1-9-14(32-13(7-27)23-9)11-8-31-16(24-11)25-15(28)12-5-10(19(20,21)22)6-26(12)17(29)30-18(2,3)4/h8,10,12,27H,5-7H2,1-4H3,(H,24,25,28)/t10-,12?/m0/s1. The molecule has 176 valence electrons. The number of thiazole rings is 2. The molecule has 0 aromatic carbocycles. The van der Waals surface area contributed by atoms with E-state index in [-0.39, 0.29) is 11.7 Å². The molecule has 1 aliphatic heterocycles. The van der Waals surface area contributed by atoms with Crippen molar-refractivity contribution < 1.29 is 32.6 Å². The molecule has 2 amide bonds. The van der Waals surface area contributed by atoms with Gasteiger partial charge in [0.1, 0.15) is 16.7 Å². The van der Waals surface area contributed by atoms with Gasteiger partial charge in [-0.3, -0.25) is 9.69 Å². The highest BCUT2D eigenvalue weighted by atomic mass is 32.1. The number of hydrogen-bond donors (Lipinski definition) is 2. The number of nitrogens with zero attached hydrogens (tertiary/aromatic N) is 3. The van der Waals surface area contributed by atoms with Crippen LogP contribution in [0.3, 0.4) is 0 Å². The quantitative estimate of drug-likeness (QED) is 0.663. The zero-order valence-corrected chi connectivity index (χ0v) is 19.5. The van der Waals surface area contributed by atoms with Crippen LogP contribution in [0.2, 0.25) is 0 Å². The van der Waals surface area contributed by atoms with E-state index >= 15 is 0 Å². The van der Waals surface area contributed by atoms with Gasteiger partial charge in [-0.05, 0) is 34.1 Å². The Labute approximate surface area is 190 Å². The molecule has 1 aliphatic rings. The van der Waals surface area contributed by atoms with Gasteiger partial charge in [0.15, 0.2) is 5.13 Å². The smallest absolute Gasteiger partial charge is 0.410 e. The van der Waals surface area contributed by atoms with Gasteiger partial charge in [-0.1, -0.05) is 0 Å². The molecule has 0 saturated carbocycles. The molecule has 2 aromatic rings. The van der Waals surface area contributed by atoms with Gasteiger partial charge in [-0.2, -0.15) is 13.2 Å². The Morgan fingerprint density at radius 2 is 2.00 bits per heavy atom. The van der Waals surface area contributed by atoms with Crippen LogP contribution in [0.4, 0.5) is 23.1 Å². The summed E-state index contributed by atoms with van der Waals surface area (Å²) in [7, 11) is 0. The molecule has 2 atom stereocenters. The number of halogens is 3. The van der Waals surface area contributed by atoms with Crippen LogP contribution in [0.1, 0.15) is 37.9 Å². The maximum Gasteiger partial charge on any atom is 0.410 e. The lowest BCUT2D eigenvalue weighted by Gasteiger charge is -2.27. The van der Waals surface area contributed by atoms with Crippen molar-refractivity contribution in [2.45, 2.75) is 58.5 Å². The number of rotatable bonds is 4. The molecule has 0 radical (unpaired) electrons. The van der Waals surface area contributed by atoms with Gasteiger partial charge in [-0.15, -0.1) is 22.7 Å². The van der Waals surface area contributed by atoms with Gasteiger partial charge < -0.3 is 15.2 Å². The van der Waals surface area contributed by atoms with Crippen molar-refractivity contribution in [2.24, 2.45) is 5.92 Å². The number of amides is 2. The molecule has 8 nitrogen and oxygen atoms in total. The maximum atomic E-state index is 13.3. The van der Waals surface area contributed by atoms with Crippen LogP contribution < -0.4 is 5.32 Å². The average molecular weight is 493 g/mol. The second-order valence-corrected chi connectivity index (χ2v) is 10.3. The van der Waals surface area contributed by atoms with E-state index in [1.165, 1.54) is 11.3 Å². The summed E-state index contributed by atoms with van der Waals surface area (Å²) in [6.07, 6.45) is -6.07. The zero-order valence-electron chi connectivity index (χ0n) is 17.8. The minimum atomic E-state index is -4.54. The van der Waals surface area contributed by atoms with Crippen LogP contribution in [0.15, 0.2) is 5.38 Å². The van der Waals surface area contributed by atoms with E-state index in [1.54, 1.807) is 33.1 Å². The van der Waals surface area contributed by atoms with Crippen LogP contribution in [0.25, 0.3) is 10.6 Å². The lowest BCUT2D eigenvalue weighted by Crippen LogP contribution is -2.45. The zero-order chi connectivity index (χ0) is 23.8. The molecule has 0 aliphatic carbocycles. The fourth-order valence-electron chi connectivity index (χ4n) is 3.23. The molecule has 1 fully saturated rings. The van der Waals surface area contributed by atoms with E-state index in [4.69, 9.17) is 4.74 Å². The Kier molecular flexibility index (Phi) is 6.82. The first-order chi connectivity index (χ1) is 14.8. The number of aromatic nitrogens is 2. The number of alkyl halides is 3. The van der Waals surface area contributed by atoms with Crippen molar-refractivity contribution in [2.75, 3.05) is 11.9 Å². The van der Waals surface area contributed by atoms with E-state index in [9.17, 15) is 27.9 Å². The second kappa shape index (κ2) is 8.94. The number of likely N-dealkylation sites (tertiary alicyclic amines) is 1. The Morgan fingerprint density at radius 3 is 2.56 bits per heavy atom. The summed E-state index contributed by atoms with van der Waals surface area (Å²) in [6, 6.07) is -1.34. The van der Waals surface area contributed by atoms with E-state index < -0.39 is 48.7 Å². The van der Waals surface area contributed by atoms with Crippen LogP contribution in [0.5, 0.6) is 0 Å². The fraction of sp³-hybridized carbons (Fsp3) is 0.579. The number of nitrogens with one attached hydrogen (secondary N) is 1. The minimum absolute atomic E-state index is 0.183. The van der Waals surface area contributed by atoms with Crippen molar-refractivity contribution in [3.63, 3.8) is 0 Å². The summed E-state index contributed by atoms with van der Waals surface area (Å²) in [5, 5.41) is 14.1. The van der Waals surface area contributed by atoms with Crippen molar-refractivity contribution in [3.8, 4) is 10.6 Å². The molecule has 2 N–H and O–H groups in total. The molecule has 32 heavy (non-hydrogen) atoms. The maximum absolute atomic E-state index is 13.3. The van der Waals surface area contributed by atoms with Gasteiger partial charge in [0.25, 0.3) is 0 Å². The van der Waals surface area contributed by atoms with E-state index in [0.29, 0.717) is 16.4 Å². The summed E-state index contributed by atoms with van der Waals surface area (Å²) in [5.41, 5.74) is 0.282. The molecule has 1 unspecified atom stereocenters. The average Bonchev–Trinajstić information content (AvgIpc) is 3.37. The van der Waals surface area contributed by atoms with Gasteiger partial charge >= 0.3 is 12.3 Å². The first-order valence-electron chi connectivity index (χ1n) is 9.68. The summed E-state index contributed by atoms with van der Waals surface area (Å²) < 4.78 is 45.1. The van der Waals surface area contributed by atoms with Crippen molar-refractivity contribution in [3.05, 3.63) is 16.1 Å². The third-order valence-electron chi connectivity index (χ3n) is 4.64. The number of aliphatic hydroxyl groups excluding tert-OH is 1. The molecular formula is C19H23F3N4O4S2. The van der Waals surface area contributed by atoms with Gasteiger partial charge in [0.2, 0.25) is 5.91 Å². The van der Waals surface area contributed by atoms with E-state index in [0.717, 1.165) is 21.1 Å². The summed E-state index contributed by atoms with van der Waals surface area (Å²) >= 11 is 2.36. The summed E-state index contributed by atoms with van der Waals surface area (Å²) in [4.78, 5) is 35.4. The second-order valence-electron chi connectivity index (χ2n) is 8.33. The normalized spacial score (nSPS) is 19.3. The Morgan fingerprint density at radius 1 is 1.31 bits per heavy atom. The molecule has 0 spiro atoms. The molecule has 3 rings (SSSR count). The SMILES string of the molecule is Cc1nc(CO)sc1-c1csc(NC(=O)C2C[C@H](C(F)(F)F)CN2C(=O)OC(C)(C)C)n1. The topological polar surface area (TPSA) is 105 Å². The first-order valence-corrected chi connectivity index (χ1v) is 11.4. The number of ether oxygens (including phenoxy) is 1. The fourth-order valence-corrected chi connectivity index (χ4v) is 4.89. The highest BCUT2D eigenvalue weighted by Crippen LogP contribution is 2.38. The number of aliphatic hydroxyl groups is 1. The Bertz CT molecular complexity index is 1000. The monoisotopic (exact) mass is 492 g/mol. The highest BCUT2D eigenvalue weighted by molar-refractivity contribution is 7.17. The third-order valence-corrected chi connectivity index (χ3v) is 6.56. The van der Waals surface area contributed by atoms with E-state index in [2.05, 4.69) is 15.3 Å². The summed E-state index contributed by atoms with van der Waals surface area (Å²) in [6.45, 7) is 5.69. The molecule has 2 aromatic heterocycles. The lowest BCUT2D eigenvalue weighted by atomic mass is 10.1. The van der Waals surface area contributed by atoms with E-state index in [1.807, 2.05) is 0 Å². The van der Waals surface area contributed by atoms with Crippen molar-refractivity contribution in [1.29, 1.82) is 0 Å². The van der Waals surface area contributed by atoms with Crippen LogP contribution in [-0.4, -0.2) is 56.3 Å². The van der Waals surface area contributed by atoms with Crippen molar-refractivity contribution >= 4 is 39.8 Å². The lowest BCUT2D eigenvalue weighted by molar-refractivity contribution is -0.170. The highest BCUT2D eigenvalue weighted by Gasteiger charge is 2.51. The molecule has 13 heteroatoms. The first kappa shape index (κ1) is 24.4. The predicted octanol–water partition coefficient (Wildman–Crippen LogP) is 4.19. The van der Waals surface area contributed by atoms with Crippen molar-refractivity contribution in [1.82, 2.24) is 14.9 Å². The largest absolute Gasteiger partial charge is 0.444 e. The van der Waals surface area contributed by atoms with Crippen LogP contribution in [-0.2, 0) is 16.1 Å². The van der Waals surface area contributed by atoms with Crippen LogP contribution in [0, 0.1) is 12.8 Å². The number of hydrogen-bond acceptors (Lipinski definition) is 8. The van der Waals surface area contributed by atoms with Crippen LogP contribution >= 0.6 is 22.7 Å². The predicted molar refractivity (Wildman–Crippen MR) is 113 cm³/mol. The molecule has 3 heterocycles. The Hall–Kier alpha value is -2.25.